The Morgan fingerprint density at radius 3 is 2.57 bits per heavy atom. The first kappa shape index (κ1) is 11.0. The molecule has 1 aliphatic rings. The maximum atomic E-state index is 11.1. The van der Waals surface area contributed by atoms with E-state index in [0.717, 1.165) is 19.3 Å². The Morgan fingerprint density at radius 2 is 2.14 bits per heavy atom. The van der Waals surface area contributed by atoms with E-state index in [0.29, 0.717) is 0 Å². The van der Waals surface area contributed by atoms with Crippen molar-refractivity contribution in [2.45, 2.75) is 45.6 Å². The van der Waals surface area contributed by atoms with Crippen molar-refractivity contribution in [2.24, 2.45) is 5.41 Å². The summed E-state index contributed by atoms with van der Waals surface area (Å²) in [5.41, 5.74) is 0.279. The molecule has 1 amide bonds. The maximum Gasteiger partial charge on any atom is 0.312 e. The number of rotatable bonds is 3. The molecular weight excluding hydrogens is 182 g/mol. The third kappa shape index (κ3) is 3.36. The highest BCUT2D eigenvalue weighted by Gasteiger charge is 2.31. The average Bonchev–Trinajstić information content (AvgIpc) is 2.27. The quantitative estimate of drug-likeness (QED) is 0.670. The molecule has 1 fully saturated rings. The predicted octanol–water partition coefficient (Wildman–Crippen LogP) is 1.16. The van der Waals surface area contributed by atoms with E-state index in [9.17, 15) is 9.59 Å². The van der Waals surface area contributed by atoms with Gasteiger partial charge in [-0.3, -0.25) is 9.59 Å². The zero-order valence-electron chi connectivity index (χ0n) is 8.67. The summed E-state index contributed by atoms with van der Waals surface area (Å²) < 4.78 is 0. The van der Waals surface area contributed by atoms with Gasteiger partial charge in [0.25, 0.3) is 0 Å². The normalized spacial score (nSPS) is 24.6. The SMILES string of the molecule is CC1(C)CCC(NC(=O)CC(=O)O)C1. The Balaban J connectivity index is 2.32. The number of nitrogens with one attached hydrogen (secondary N) is 1. The van der Waals surface area contributed by atoms with Crippen LogP contribution in [0, 0.1) is 5.41 Å². The lowest BCUT2D eigenvalue weighted by Crippen LogP contribution is -2.34. The zero-order chi connectivity index (χ0) is 10.8. The van der Waals surface area contributed by atoms with E-state index < -0.39 is 12.4 Å². The zero-order valence-corrected chi connectivity index (χ0v) is 8.67. The van der Waals surface area contributed by atoms with E-state index in [1.807, 2.05) is 0 Å². The standard InChI is InChI=1S/C10H17NO3/c1-10(2)4-3-7(6-10)11-8(12)5-9(13)14/h7H,3-6H2,1-2H3,(H,11,12)(H,13,14). The molecule has 1 aliphatic carbocycles. The summed E-state index contributed by atoms with van der Waals surface area (Å²) in [7, 11) is 0. The average molecular weight is 199 g/mol. The smallest absolute Gasteiger partial charge is 0.312 e. The molecule has 0 bridgehead atoms. The van der Waals surface area contributed by atoms with Gasteiger partial charge in [-0.2, -0.15) is 0 Å². The third-order valence-corrected chi connectivity index (χ3v) is 2.65. The molecule has 1 saturated carbocycles. The fraction of sp³-hybridized carbons (Fsp3) is 0.800. The second-order valence-electron chi connectivity index (χ2n) is 4.74. The molecule has 0 saturated heterocycles. The predicted molar refractivity (Wildman–Crippen MR) is 51.8 cm³/mol. The third-order valence-electron chi connectivity index (χ3n) is 2.65. The van der Waals surface area contributed by atoms with Gasteiger partial charge in [-0.25, -0.2) is 0 Å². The van der Waals surface area contributed by atoms with Gasteiger partial charge in [-0.05, 0) is 24.7 Å². The van der Waals surface area contributed by atoms with E-state index in [2.05, 4.69) is 19.2 Å². The van der Waals surface area contributed by atoms with Crippen LogP contribution in [0.1, 0.15) is 39.5 Å². The van der Waals surface area contributed by atoms with Crippen LogP contribution in [-0.4, -0.2) is 23.0 Å². The maximum absolute atomic E-state index is 11.1. The van der Waals surface area contributed by atoms with E-state index in [1.165, 1.54) is 0 Å². The van der Waals surface area contributed by atoms with Gasteiger partial charge in [0.2, 0.25) is 5.91 Å². The van der Waals surface area contributed by atoms with Gasteiger partial charge in [0.05, 0.1) is 0 Å². The summed E-state index contributed by atoms with van der Waals surface area (Å²) in [4.78, 5) is 21.4. The molecule has 80 valence electrons. The molecule has 1 atom stereocenters. The van der Waals surface area contributed by atoms with E-state index in [-0.39, 0.29) is 17.4 Å². The first-order valence-electron chi connectivity index (χ1n) is 4.90. The summed E-state index contributed by atoms with van der Waals surface area (Å²) >= 11 is 0. The molecule has 0 aromatic carbocycles. The number of carboxylic acids is 1. The first-order chi connectivity index (χ1) is 6.39. The first-order valence-corrected chi connectivity index (χ1v) is 4.90. The molecule has 0 aliphatic heterocycles. The molecule has 0 heterocycles. The Labute approximate surface area is 83.7 Å². The topological polar surface area (TPSA) is 66.4 Å². The molecule has 2 N–H and O–H groups in total. The van der Waals surface area contributed by atoms with Crippen LogP contribution in [0.4, 0.5) is 0 Å². The lowest BCUT2D eigenvalue weighted by molar-refractivity contribution is -0.140. The monoisotopic (exact) mass is 199 g/mol. The second-order valence-corrected chi connectivity index (χ2v) is 4.74. The second kappa shape index (κ2) is 3.98. The van der Waals surface area contributed by atoms with Gasteiger partial charge >= 0.3 is 5.97 Å². The van der Waals surface area contributed by atoms with Gasteiger partial charge in [-0.1, -0.05) is 13.8 Å². The number of hydrogen-bond donors (Lipinski definition) is 2. The summed E-state index contributed by atoms with van der Waals surface area (Å²) in [5, 5.41) is 11.1. The van der Waals surface area contributed by atoms with Gasteiger partial charge < -0.3 is 10.4 Å². The van der Waals surface area contributed by atoms with Gasteiger partial charge in [0, 0.05) is 6.04 Å². The van der Waals surface area contributed by atoms with Gasteiger partial charge in [0.1, 0.15) is 6.42 Å². The van der Waals surface area contributed by atoms with Crippen LogP contribution < -0.4 is 5.32 Å². The molecule has 0 spiro atoms. The van der Waals surface area contributed by atoms with Gasteiger partial charge in [0.15, 0.2) is 0 Å². The molecule has 1 rings (SSSR count). The number of hydrogen-bond acceptors (Lipinski definition) is 2. The molecule has 1 unspecified atom stereocenters. The van der Waals surface area contributed by atoms with E-state index in [1.54, 1.807) is 0 Å². The highest BCUT2D eigenvalue weighted by atomic mass is 16.4. The largest absolute Gasteiger partial charge is 0.481 e. The summed E-state index contributed by atoms with van der Waals surface area (Å²) in [5.74, 6) is -1.44. The van der Waals surface area contributed by atoms with Crippen molar-refractivity contribution >= 4 is 11.9 Å². The van der Waals surface area contributed by atoms with Crippen molar-refractivity contribution in [3.05, 3.63) is 0 Å². The van der Waals surface area contributed by atoms with Crippen LogP contribution in [0.25, 0.3) is 0 Å². The number of carbonyl (C=O) groups is 2. The Morgan fingerprint density at radius 1 is 1.50 bits per heavy atom. The van der Waals surface area contributed by atoms with Crippen LogP contribution in [-0.2, 0) is 9.59 Å². The van der Waals surface area contributed by atoms with Crippen LogP contribution in [0.2, 0.25) is 0 Å². The molecule has 4 heteroatoms. The van der Waals surface area contributed by atoms with Crippen LogP contribution in [0.3, 0.4) is 0 Å². The van der Waals surface area contributed by atoms with Crippen molar-refractivity contribution in [2.75, 3.05) is 0 Å². The molecule has 14 heavy (non-hydrogen) atoms. The lowest BCUT2D eigenvalue weighted by atomic mass is 9.92. The lowest BCUT2D eigenvalue weighted by Gasteiger charge is -2.17. The van der Waals surface area contributed by atoms with Crippen LogP contribution >= 0.6 is 0 Å². The van der Waals surface area contributed by atoms with Crippen LogP contribution in [0.5, 0.6) is 0 Å². The molecule has 4 nitrogen and oxygen atoms in total. The minimum Gasteiger partial charge on any atom is -0.481 e. The highest BCUT2D eigenvalue weighted by molar-refractivity contribution is 5.93. The Bertz CT molecular complexity index is 248. The summed E-state index contributed by atoms with van der Waals surface area (Å²) in [6, 6.07) is 0.164. The minimum absolute atomic E-state index is 0.164. The van der Waals surface area contributed by atoms with Crippen molar-refractivity contribution in [1.82, 2.24) is 5.32 Å². The summed E-state index contributed by atoms with van der Waals surface area (Å²) in [6.45, 7) is 4.33. The fourth-order valence-corrected chi connectivity index (χ4v) is 1.98. The molecule has 0 aromatic heterocycles. The number of carboxylic acid groups (broad SMARTS) is 1. The summed E-state index contributed by atoms with van der Waals surface area (Å²) in [6.07, 6.45) is 2.57. The van der Waals surface area contributed by atoms with Crippen LogP contribution in [0.15, 0.2) is 0 Å². The van der Waals surface area contributed by atoms with Crippen molar-refractivity contribution in [1.29, 1.82) is 0 Å². The van der Waals surface area contributed by atoms with Gasteiger partial charge in [-0.15, -0.1) is 0 Å². The van der Waals surface area contributed by atoms with Crippen molar-refractivity contribution in [3.8, 4) is 0 Å². The fourth-order valence-electron chi connectivity index (χ4n) is 1.98. The molecule has 0 radical (unpaired) electrons. The molecule has 0 aromatic rings. The molecular formula is C10H17NO3. The van der Waals surface area contributed by atoms with Crippen molar-refractivity contribution in [3.63, 3.8) is 0 Å². The van der Waals surface area contributed by atoms with E-state index >= 15 is 0 Å². The Kier molecular flexibility index (Phi) is 3.13. The number of carbonyl (C=O) groups excluding carboxylic acids is 1. The van der Waals surface area contributed by atoms with E-state index in [4.69, 9.17) is 5.11 Å². The highest BCUT2D eigenvalue weighted by Crippen LogP contribution is 2.36. The number of aliphatic carboxylic acids is 1. The van der Waals surface area contributed by atoms with Crippen molar-refractivity contribution < 1.29 is 14.7 Å². The minimum atomic E-state index is -1.07. The Hall–Kier alpha value is -1.06. The number of amides is 1.